The summed E-state index contributed by atoms with van der Waals surface area (Å²) in [6.07, 6.45) is 5.65. The van der Waals surface area contributed by atoms with Crippen LogP contribution in [0.5, 0.6) is 0 Å². The third kappa shape index (κ3) is 3.58. The number of rotatable bonds is 3. The van der Waals surface area contributed by atoms with Gasteiger partial charge in [0.15, 0.2) is 0 Å². The van der Waals surface area contributed by atoms with Crippen LogP contribution in [0.3, 0.4) is 0 Å². The summed E-state index contributed by atoms with van der Waals surface area (Å²) in [6.45, 7) is 3.13. The van der Waals surface area contributed by atoms with Crippen molar-refractivity contribution in [3.05, 3.63) is 20.8 Å². The van der Waals surface area contributed by atoms with Crippen LogP contribution in [0.2, 0.25) is 0 Å². The molecule has 1 aromatic rings. The van der Waals surface area contributed by atoms with Gasteiger partial charge in [0.25, 0.3) is 0 Å². The second-order valence-corrected chi connectivity index (χ2v) is 6.95. The van der Waals surface area contributed by atoms with Crippen LogP contribution in [0, 0.1) is 5.92 Å². The summed E-state index contributed by atoms with van der Waals surface area (Å²) in [5, 5.41) is 0. The first kappa shape index (κ1) is 11.6. The minimum Gasteiger partial charge on any atom is -0.373 e. The van der Waals surface area contributed by atoms with E-state index < -0.39 is 0 Å². The lowest BCUT2D eigenvalue weighted by Gasteiger charge is -2.26. The maximum atomic E-state index is 5.92. The zero-order chi connectivity index (χ0) is 10.7. The standard InChI is InChI=1S/C12H17BrOS/c1-9-2-4-10(5-3-9)14-8-11-6-7-12(13)15-11/h6-7,9-10H,2-5,8H2,1H3. The van der Waals surface area contributed by atoms with Crippen molar-refractivity contribution in [2.75, 3.05) is 0 Å². The van der Waals surface area contributed by atoms with Crippen molar-refractivity contribution in [3.63, 3.8) is 0 Å². The van der Waals surface area contributed by atoms with Crippen molar-refractivity contribution in [3.8, 4) is 0 Å². The molecule has 0 radical (unpaired) electrons. The highest BCUT2D eigenvalue weighted by Gasteiger charge is 2.18. The highest BCUT2D eigenvalue weighted by Crippen LogP contribution is 2.28. The van der Waals surface area contributed by atoms with Gasteiger partial charge in [-0.15, -0.1) is 11.3 Å². The lowest BCUT2D eigenvalue weighted by Crippen LogP contribution is -2.19. The Morgan fingerprint density at radius 1 is 1.33 bits per heavy atom. The summed E-state index contributed by atoms with van der Waals surface area (Å²) in [5.74, 6) is 0.903. The average molecular weight is 289 g/mol. The fraction of sp³-hybridized carbons (Fsp3) is 0.667. The van der Waals surface area contributed by atoms with Crippen LogP contribution in [0.15, 0.2) is 15.9 Å². The lowest BCUT2D eigenvalue weighted by atomic mass is 9.89. The van der Waals surface area contributed by atoms with Crippen LogP contribution in [0.4, 0.5) is 0 Å². The predicted octanol–water partition coefficient (Wildman–Crippen LogP) is 4.61. The van der Waals surface area contributed by atoms with Crippen LogP contribution >= 0.6 is 27.3 Å². The van der Waals surface area contributed by atoms with Gasteiger partial charge in [0.05, 0.1) is 16.5 Å². The smallest absolute Gasteiger partial charge is 0.0813 e. The lowest BCUT2D eigenvalue weighted by molar-refractivity contribution is 0.0100. The highest BCUT2D eigenvalue weighted by atomic mass is 79.9. The van der Waals surface area contributed by atoms with Crippen molar-refractivity contribution in [1.29, 1.82) is 0 Å². The molecule has 0 aliphatic heterocycles. The molecular weight excluding hydrogens is 272 g/mol. The fourth-order valence-corrected chi connectivity index (χ4v) is 3.43. The molecule has 1 heterocycles. The molecule has 0 amide bonds. The van der Waals surface area contributed by atoms with Gasteiger partial charge in [-0.2, -0.15) is 0 Å². The molecule has 0 atom stereocenters. The maximum Gasteiger partial charge on any atom is 0.0813 e. The van der Waals surface area contributed by atoms with Gasteiger partial charge in [0, 0.05) is 4.88 Å². The minimum absolute atomic E-state index is 0.502. The van der Waals surface area contributed by atoms with Gasteiger partial charge in [0.1, 0.15) is 0 Å². The maximum absolute atomic E-state index is 5.92. The fourth-order valence-electron chi connectivity index (χ4n) is 2.03. The number of thiophene rings is 1. The summed E-state index contributed by atoms with van der Waals surface area (Å²) in [7, 11) is 0. The second-order valence-electron chi connectivity index (χ2n) is 4.40. The van der Waals surface area contributed by atoms with Gasteiger partial charge in [0.2, 0.25) is 0 Å². The van der Waals surface area contributed by atoms with Gasteiger partial charge in [-0.25, -0.2) is 0 Å². The molecule has 0 aromatic carbocycles. The quantitative estimate of drug-likeness (QED) is 0.789. The van der Waals surface area contributed by atoms with E-state index in [0.29, 0.717) is 6.10 Å². The molecule has 1 nitrogen and oxygen atoms in total. The van der Waals surface area contributed by atoms with E-state index in [9.17, 15) is 0 Å². The summed E-state index contributed by atoms with van der Waals surface area (Å²) < 4.78 is 7.11. The predicted molar refractivity (Wildman–Crippen MR) is 68.2 cm³/mol. The van der Waals surface area contributed by atoms with Gasteiger partial charge in [-0.1, -0.05) is 6.92 Å². The van der Waals surface area contributed by atoms with E-state index in [-0.39, 0.29) is 0 Å². The largest absolute Gasteiger partial charge is 0.373 e. The van der Waals surface area contributed by atoms with Crippen molar-refractivity contribution < 1.29 is 4.74 Å². The number of halogens is 1. The van der Waals surface area contributed by atoms with E-state index >= 15 is 0 Å². The first-order chi connectivity index (χ1) is 7.24. The molecule has 1 aromatic heterocycles. The van der Waals surface area contributed by atoms with E-state index in [0.717, 1.165) is 12.5 Å². The third-order valence-electron chi connectivity index (χ3n) is 3.05. The molecular formula is C12H17BrOS. The Labute approximate surface area is 104 Å². The molecule has 0 bridgehead atoms. The molecule has 3 heteroatoms. The second kappa shape index (κ2) is 5.46. The van der Waals surface area contributed by atoms with Crippen molar-refractivity contribution in [2.24, 2.45) is 5.92 Å². The van der Waals surface area contributed by atoms with E-state index in [1.807, 2.05) is 0 Å². The van der Waals surface area contributed by atoms with Crippen LogP contribution in [-0.2, 0) is 11.3 Å². The monoisotopic (exact) mass is 288 g/mol. The van der Waals surface area contributed by atoms with Crippen LogP contribution in [-0.4, -0.2) is 6.10 Å². The van der Waals surface area contributed by atoms with E-state index in [1.54, 1.807) is 11.3 Å². The normalized spacial score (nSPS) is 26.8. The molecule has 84 valence electrons. The van der Waals surface area contributed by atoms with Gasteiger partial charge in [-0.3, -0.25) is 0 Å². The van der Waals surface area contributed by atoms with E-state index in [2.05, 4.69) is 35.0 Å². The van der Waals surface area contributed by atoms with E-state index in [1.165, 1.54) is 34.3 Å². The topological polar surface area (TPSA) is 9.23 Å². The highest BCUT2D eigenvalue weighted by molar-refractivity contribution is 9.11. The molecule has 0 N–H and O–H groups in total. The molecule has 2 rings (SSSR count). The Hall–Kier alpha value is 0.140. The Morgan fingerprint density at radius 3 is 2.67 bits per heavy atom. The van der Waals surface area contributed by atoms with Crippen LogP contribution in [0.1, 0.15) is 37.5 Å². The SMILES string of the molecule is CC1CCC(OCc2ccc(Br)s2)CC1. The Bertz CT molecular complexity index is 302. The minimum atomic E-state index is 0.502. The Morgan fingerprint density at radius 2 is 2.07 bits per heavy atom. The summed E-state index contributed by atoms with van der Waals surface area (Å²) >= 11 is 5.24. The molecule has 15 heavy (non-hydrogen) atoms. The van der Waals surface area contributed by atoms with E-state index in [4.69, 9.17) is 4.74 Å². The number of hydrogen-bond acceptors (Lipinski definition) is 2. The summed E-state index contributed by atoms with van der Waals surface area (Å²) in [4.78, 5) is 1.32. The molecule has 0 saturated heterocycles. The Balaban J connectivity index is 1.74. The molecule has 1 aliphatic rings. The van der Waals surface area contributed by atoms with Gasteiger partial charge < -0.3 is 4.74 Å². The average Bonchev–Trinajstić information content (AvgIpc) is 2.64. The van der Waals surface area contributed by atoms with Crippen LogP contribution < -0.4 is 0 Å². The number of hydrogen-bond donors (Lipinski definition) is 0. The Kier molecular flexibility index (Phi) is 4.23. The van der Waals surface area contributed by atoms with Crippen molar-refractivity contribution in [2.45, 2.75) is 45.3 Å². The molecule has 1 fully saturated rings. The van der Waals surface area contributed by atoms with Gasteiger partial charge >= 0.3 is 0 Å². The molecule has 1 aliphatic carbocycles. The van der Waals surface area contributed by atoms with Crippen LogP contribution in [0.25, 0.3) is 0 Å². The van der Waals surface area contributed by atoms with Crippen molar-refractivity contribution >= 4 is 27.3 Å². The zero-order valence-electron chi connectivity index (χ0n) is 9.04. The molecule has 0 spiro atoms. The number of ether oxygens (including phenoxy) is 1. The molecule has 0 unspecified atom stereocenters. The zero-order valence-corrected chi connectivity index (χ0v) is 11.4. The first-order valence-corrected chi connectivity index (χ1v) is 7.21. The summed E-state index contributed by atoms with van der Waals surface area (Å²) in [5.41, 5.74) is 0. The first-order valence-electron chi connectivity index (χ1n) is 5.60. The molecule has 1 saturated carbocycles. The summed E-state index contributed by atoms with van der Waals surface area (Å²) in [6, 6.07) is 4.23. The van der Waals surface area contributed by atoms with Crippen molar-refractivity contribution in [1.82, 2.24) is 0 Å². The third-order valence-corrected chi connectivity index (χ3v) is 4.65. The van der Waals surface area contributed by atoms with Gasteiger partial charge in [-0.05, 0) is 59.7 Å².